The van der Waals surface area contributed by atoms with Crippen LogP contribution in [0.15, 0.2) is 36.4 Å². The molecular weight excluding hydrogens is 268 g/mol. The van der Waals surface area contributed by atoms with Crippen LogP contribution >= 0.6 is 11.6 Å². The molecule has 19 heavy (non-hydrogen) atoms. The van der Waals surface area contributed by atoms with Crippen LogP contribution in [0.5, 0.6) is 11.6 Å². The van der Waals surface area contributed by atoms with E-state index in [9.17, 15) is 4.79 Å². The highest BCUT2D eigenvalue weighted by atomic mass is 35.5. The van der Waals surface area contributed by atoms with Gasteiger partial charge in [0.2, 0.25) is 5.88 Å². The molecule has 0 unspecified atom stereocenters. The number of halogens is 1. The topological polar surface area (TPSA) is 83.2 Å². The first-order chi connectivity index (χ1) is 9.10. The molecule has 0 aliphatic rings. The second kappa shape index (κ2) is 5.38. The van der Waals surface area contributed by atoms with E-state index < -0.39 is 5.97 Å². The predicted molar refractivity (Wildman–Crippen MR) is 67.4 cm³/mol. The Hall–Kier alpha value is -2.58. The SMILES string of the molecule is N#Cc1cccc(Oc2cc(Cl)ccc2C(=O)O)n1. The fourth-order valence-electron chi connectivity index (χ4n) is 1.40. The van der Waals surface area contributed by atoms with Gasteiger partial charge in [-0.05, 0) is 18.2 Å². The average Bonchev–Trinajstić information content (AvgIpc) is 2.38. The number of carboxylic acids is 1. The Bertz CT molecular complexity index is 680. The summed E-state index contributed by atoms with van der Waals surface area (Å²) in [5.41, 5.74) is 0.143. The van der Waals surface area contributed by atoms with E-state index in [1.54, 1.807) is 6.07 Å². The van der Waals surface area contributed by atoms with Crippen LogP contribution in [0, 0.1) is 11.3 Å². The number of carbonyl (C=O) groups is 1. The fraction of sp³-hybridized carbons (Fsp3) is 0. The molecule has 1 aromatic carbocycles. The van der Waals surface area contributed by atoms with Gasteiger partial charge in [-0.15, -0.1) is 0 Å². The highest BCUT2D eigenvalue weighted by molar-refractivity contribution is 6.30. The number of aromatic nitrogens is 1. The standard InChI is InChI=1S/C13H7ClN2O3/c14-8-4-5-10(13(17)18)11(6-8)19-12-3-1-2-9(7-15)16-12/h1-6H,(H,17,18). The third-order valence-electron chi connectivity index (χ3n) is 2.23. The normalized spacial score (nSPS) is 9.68. The molecule has 0 spiro atoms. The number of hydrogen-bond donors (Lipinski definition) is 1. The minimum absolute atomic E-state index is 0.0337. The number of ether oxygens (including phenoxy) is 1. The number of pyridine rings is 1. The Balaban J connectivity index is 2.40. The Morgan fingerprint density at radius 3 is 2.84 bits per heavy atom. The molecule has 0 fully saturated rings. The lowest BCUT2D eigenvalue weighted by Crippen LogP contribution is -2.00. The maximum Gasteiger partial charge on any atom is 0.339 e. The summed E-state index contributed by atoms with van der Waals surface area (Å²) in [6.45, 7) is 0. The lowest BCUT2D eigenvalue weighted by atomic mass is 10.2. The van der Waals surface area contributed by atoms with Gasteiger partial charge in [-0.3, -0.25) is 0 Å². The van der Waals surface area contributed by atoms with Gasteiger partial charge < -0.3 is 9.84 Å². The number of rotatable bonds is 3. The van der Waals surface area contributed by atoms with Gasteiger partial charge in [-0.2, -0.15) is 5.26 Å². The third-order valence-corrected chi connectivity index (χ3v) is 2.46. The van der Waals surface area contributed by atoms with E-state index >= 15 is 0 Å². The minimum atomic E-state index is -1.14. The van der Waals surface area contributed by atoms with Crippen LogP contribution in [0.4, 0.5) is 0 Å². The molecule has 0 radical (unpaired) electrons. The number of carboxylic acid groups (broad SMARTS) is 1. The van der Waals surface area contributed by atoms with Crippen molar-refractivity contribution in [1.29, 1.82) is 5.26 Å². The second-order valence-corrected chi connectivity index (χ2v) is 3.96. The van der Waals surface area contributed by atoms with Crippen LogP contribution in [-0.2, 0) is 0 Å². The van der Waals surface area contributed by atoms with Gasteiger partial charge in [0.15, 0.2) is 0 Å². The Kier molecular flexibility index (Phi) is 3.64. The first-order valence-corrected chi connectivity index (χ1v) is 5.56. The summed E-state index contributed by atoms with van der Waals surface area (Å²) in [6.07, 6.45) is 0. The van der Waals surface area contributed by atoms with Gasteiger partial charge >= 0.3 is 5.97 Å². The van der Waals surface area contributed by atoms with Crippen LogP contribution in [0.3, 0.4) is 0 Å². The maximum absolute atomic E-state index is 11.1. The molecule has 0 aliphatic carbocycles. The Morgan fingerprint density at radius 1 is 1.37 bits per heavy atom. The van der Waals surface area contributed by atoms with Crippen molar-refractivity contribution in [3.8, 4) is 17.7 Å². The fourth-order valence-corrected chi connectivity index (χ4v) is 1.57. The number of hydrogen-bond acceptors (Lipinski definition) is 4. The van der Waals surface area contributed by atoms with Crippen molar-refractivity contribution < 1.29 is 14.6 Å². The van der Waals surface area contributed by atoms with Gasteiger partial charge in [0, 0.05) is 17.2 Å². The van der Waals surface area contributed by atoms with Gasteiger partial charge in [0.1, 0.15) is 23.1 Å². The van der Waals surface area contributed by atoms with Gasteiger partial charge in [0.05, 0.1) is 0 Å². The van der Waals surface area contributed by atoms with E-state index in [4.69, 9.17) is 26.7 Å². The van der Waals surface area contributed by atoms with Crippen molar-refractivity contribution in [2.45, 2.75) is 0 Å². The van der Waals surface area contributed by atoms with Crippen molar-refractivity contribution in [1.82, 2.24) is 4.98 Å². The summed E-state index contributed by atoms with van der Waals surface area (Å²) in [5.74, 6) is -0.936. The molecule has 6 heteroatoms. The summed E-state index contributed by atoms with van der Waals surface area (Å²) in [7, 11) is 0. The molecule has 1 heterocycles. The van der Waals surface area contributed by atoms with E-state index in [1.807, 2.05) is 6.07 Å². The highest BCUT2D eigenvalue weighted by Gasteiger charge is 2.13. The van der Waals surface area contributed by atoms with Crippen molar-refractivity contribution in [2.24, 2.45) is 0 Å². The zero-order chi connectivity index (χ0) is 13.8. The smallest absolute Gasteiger partial charge is 0.339 e. The summed E-state index contributed by atoms with van der Waals surface area (Å²) < 4.78 is 5.37. The molecule has 1 N–H and O–H groups in total. The van der Waals surface area contributed by atoms with E-state index in [1.165, 1.54) is 30.3 Å². The minimum Gasteiger partial charge on any atom is -0.478 e. The van der Waals surface area contributed by atoms with Crippen LogP contribution in [0.1, 0.15) is 16.1 Å². The lowest BCUT2D eigenvalue weighted by molar-refractivity contribution is 0.0694. The second-order valence-electron chi connectivity index (χ2n) is 3.52. The highest BCUT2D eigenvalue weighted by Crippen LogP contribution is 2.27. The summed E-state index contributed by atoms with van der Waals surface area (Å²) >= 11 is 5.80. The molecule has 94 valence electrons. The van der Waals surface area contributed by atoms with Crippen molar-refractivity contribution >= 4 is 17.6 Å². The van der Waals surface area contributed by atoms with E-state index in [0.717, 1.165) is 0 Å². The molecule has 0 saturated heterocycles. The number of aromatic carboxylic acids is 1. The van der Waals surface area contributed by atoms with Crippen LogP contribution < -0.4 is 4.74 Å². The van der Waals surface area contributed by atoms with E-state index in [0.29, 0.717) is 5.02 Å². The van der Waals surface area contributed by atoms with Crippen LogP contribution in [0.25, 0.3) is 0 Å². The molecule has 1 aromatic heterocycles. The molecular formula is C13H7ClN2O3. The molecule has 5 nitrogen and oxygen atoms in total. The molecule has 0 atom stereocenters. The number of nitrogens with zero attached hydrogens (tertiary/aromatic N) is 2. The average molecular weight is 275 g/mol. The van der Waals surface area contributed by atoms with Crippen LogP contribution in [0.2, 0.25) is 5.02 Å². The molecule has 0 amide bonds. The summed E-state index contributed by atoms with van der Waals surface area (Å²) in [6, 6.07) is 10.7. The Morgan fingerprint density at radius 2 is 2.16 bits per heavy atom. The summed E-state index contributed by atoms with van der Waals surface area (Å²) in [4.78, 5) is 14.9. The first kappa shape index (κ1) is 12.9. The largest absolute Gasteiger partial charge is 0.478 e. The van der Waals surface area contributed by atoms with Gasteiger partial charge in [-0.25, -0.2) is 9.78 Å². The molecule has 2 rings (SSSR count). The molecule has 0 bridgehead atoms. The van der Waals surface area contributed by atoms with Crippen molar-refractivity contribution in [3.63, 3.8) is 0 Å². The van der Waals surface area contributed by atoms with Crippen LogP contribution in [-0.4, -0.2) is 16.1 Å². The van der Waals surface area contributed by atoms with Gasteiger partial charge in [0.25, 0.3) is 0 Å². The zero-order valence-electron chi connectivity index (χ0n) is 9.50. The molecule has 0 aliphatic heterocycles. The Labute approximate surface area is 113 Å². The third kappa shape index (κ3) is 3.00. The lowest BCUT2D eigenvalue weighted by Gasteiger charge is -2.08. The number of nitriles is 1. The van der Waals surface area contributed by atoms with Gasteiger partial charge in [-0.1, -0.05) is 17.7 Å². The molecule has 2 aromatic rings. The van der Waals surface area contributed by atoms with E-state index in [2.05, 4.69) is 4.98 Å². The van der Waals surface area contributed by atoms with Crippen molar-refractivity contribution in [2.75, 3.05) is 0 Å². The van der Waals surface area contributed by atoms with E-state index in [-0.39, 0.29) is 22.9 Å². The first-order valence-electron chi connectivity index (χ1n) is 5.18. The number of benzene rings is 1. The zero-order valence-corrected chi connectivity index (χ0v) is 10.3. The van der Waals surface area contributed by atoms with Crippen molar-refractivity contribution in [3.05, 3.63) is 52.7 Å². The predicted octanol–water partition coefficient (Wildman–Crippen LogP) is 3.10. The summed E-state index contributed by atoms with van der Waals surface area (Å²) in [5, 5.41) is 18.1. The quantitative estimate of drug-likeness (QED) is 0.930. The maximum atomic E-state index is 11.1. The molecule has 0 saturated carbocycles. The monoisotopic (exact) mass is 274 g/mol.